The van der Waals surface area contributed by atoms with E-state index in [1.54, 1.807) is 0 Å². The molecule has 0 bridgehead atoms. The van der Waals surface area contributed by atoms with E-state index in [-0.39, 0.29) is 0 Å². The first kappa shape index (κ1) is 18.3. The molecule has 0 atom stereocenters. The van der Waals surface area contributed by atoms with Gasteiger partial charge in [0, 0.05) is 4.47 Å². The first-order valence-corrected chi connectivity index (χ1v) is 8.87. The van der Waals surface area contributed by atoms with Crippen LogP contribution < -0.4 is 38.2 Å². The molecule has 0 aliphatic rings. The molecule has 104 valence electrons. The van der Waals surface area contributed by atoms with Gasteiger partial charge in [-0.2, -0.15) is 0 Å². The fourth-order valence-electron chi connectivity index (χ4n) is 3.18. The summed E-state index contributed by atoms with van der Waals surface area (Å²) in [4.78, 5) is 0. The molecule has 0 saturated carbocycles. The number of halogens is 3. The van der Waals surface area contributed by atoms with Crippen LogP contribution in [0.15, 0.2) is 4.47 Å². The molecule has 0 fully saturated rings. The van der Waals surface area contributed by atoms with Crippen LogP contribution in [0.4, 0.5) is 0 Å². The quantitative estimate of drug-likeness (QED) is 0.339. The summed E-state index contributed by atoms with van der Waals surface area (Å²) in [6.45, 7) is 0. The Hall–Kier alpha value is -0.0455. The van der Waals surface area contributed by atoms with Crippen LogP contribution in [-0.4, -0.2) is 54.9 Å². The highest BCUT2D eigenvalue weighted by Crippen LogP contribution is 2.30. The monoisotopic (exact) mass is 384 g/mol. The first-order valence-electron chi connectivity index (χ1n) is 7.32. The molecule has 2 aromatic carbocycles. The molecule has 0 aromatic heterocycles. The summed E-state index contributed by atoms with van der Waals surface area (Å²) in [5, 5.41) is 1.22. The van der Waals surface area contributed by atoms with Gasteiger partial charge >= 0.3 is 0 Å². The summed E-state index contributed by atoms with van der Waals surface area (Å²) in [5.74, 6) is 0. The molecule has 0 spiro atoms. The van der Waals surface area contributed by atoms with Gasteiger partial charge in [0.2, 0.25) is 0 Å². The van der Waals surface area contributed by atoms with Crippen LogP contribution >= 0.6 is 39.1 Å². The van der Waals surface area contributed by atoms with Gasteiger partial charge in [-0.25, -0.2) is 0 Å². The summed E-state index contributed by atoms with van der Waals surface area (Å²) in [5.41, 5.74) is 11.4. The maximum atomic E-state index is 6.46. The Bertz CT molecular complexity index is 682. The van der Waals surface area contributed by atoms with Crippen LogP contribution in [0.5, 0.6) is 0 Å². The minimum atomic E-state index is 0.594. The molecule has 2 aromatic rings. The largest absolute Gasteiger partial charge is 0.142 e. The summed E-state index contributed by atoms with van der Waals surface area (Å²) >= 11 is 16.4. The van der Waals surface area contributed by atoms with Crippen LogP contribution in [0.1, 0.15) is 0 Å². The molecular formula is C12H14B7BrCl2. The summed E-state index contributed by atoms with van der Waals surface area (Å²) in [6, 6.07) is 0. The Balaban J connectivity index is 3.03. The molecule has 0 amide bonds. The maximum absolute atomic E-state index is 6.46. The van der Waals surface area contributed by atoms with Gasteiger partial charge in [-0.05, 0) is 27.1 Å². The van der Waals surface area contributed by atoms with Gasteiger partial charge in [0.25, 0.3) is 0 Å². The van der Waals surface area contributed by atoms with Crippen LogP contribution in [0.2, 0.25) is 10.0 Å². The summed E-state index contributed by atoms with van der Waals surface area (Å²) in [6.07, 6.45) is 0. The van der Waals surface area contributed by atoms with Crippen LogP contribution in [0.25, 0.3) is 11.1 Å². The number of hydrogen-bond donors (Lipinski definition) is 0. The minimum absolute atomic E-state index is 0.594. The lowest BCUT2D eigenvalue weighted by Gasteiger charge is -2.25. The topological polar surface area (TPSA) is 0 Å². The Kier molecular flexibility index (Phi) is 5.37. The van der Waals surface area contributed by atoms with Crippen molar-refractivity contribution in [3.63, 3.8) is 0 Å². The average Bonchev–Trinajstić information content (AvgIpc) is 2.50. The van der Waals surface area contributed by atoms with E-state index in [1.807, 2.05) is 7.85 Å². The Morgan fingerprint density at radius 2 is 0.864 bits per heavy atom. The molecule has 0 heterocycles. The zero-order chi connectivity index (χ0) is 16.9. The van der Waals surface area contributed by atoms with E-state index < -0.39 is 0 Å². The Morgan fingerprint density at radius 3 is 1.32 bits per heavy atom. The van der Waals surface area contributed by atoms with Crippen molar-refractivity contribution in [3.8, 4) is 11.1 Å². The van der Waals surface area contributed by atoms with Gasteiger partial charge in [-0.1, -0.05) is 45.1 Å². The Morgan fingerprint density at radius 1 is 0.500 bits per heavy atom. The molecule has 0 nitrogen and oxygen atoms in total. The maximum Gasteiger partial charge on any atom is 0.142 e. The van der Waals surface area contributed by atoms with E-state index in [4.69, 9.17) is 23.2 Å². The van der Waals surface area contributed by atoms with E-state index in [0.717, 1.165) is 15.4 Å². The van der Waals surface area contributed by atoms with Crippen molar-refractivity contribution in [2.75, 3.05) is 0 Å². The number of hydrogen-bond acceptors (Lipinski definition) is 0. The van der Waals surface area contributed by atoms with Crippen LogP contribution in [0.3, 0.4) is 0 Å². The van der Waals surface area contributed by atoms with E-state index in [1.165, 1.54) is 38.4 Å². The van der Waals surface area contributed by atoms with Crippen molar-refractivity contribution in [3.05, 3.63) is 14.5 Å². The zero-order valence-electron chi connectivity index (χ0n) is 14.1. The van der Waals surface area contributed by atoms with Crippen molar-refractivity contribution >= 4 is 132 Å². The Labute approximate surface area is 157 Å². The van der Waals surface area contributed by atoms with Gasteiger partial charge < -0.3 is 0 Å². The standard InChI is InChI=1S/C12H14B7BrCl2/c13-3-1(4(14)8(18)9(19)7(3)17)2-5(15)10(20)12(22)11(21)6(2)16/h13-19H2. The van der Waals surface area contributed by atoms with Gasteiger partial charge in [-0.15, -0.1) is 16.4 Å². The molecule has 0 N–H and O–H groups in total. The third-order valence-corrected chi connectivity index (χ3v) is 7.21. The van der Waals surface area contributed by atoms with Crippen molar-refractivity contribution in [1.29, 1.82) is 0 Å². The molecule has 22 heavy (non-hydrogen) atoms. The number of benzene rings is 2. The van der Waals surface area contributed by atoms with Crippen molar-refractivity contribution < 1.29 is 0 Å². The number of rotatable bonds is 1. The van der Waals surface area contributed by atoms with Gasteiger partial charge in [0.15, 0.2) is 0 Å². The van der Waals surface area contributed by atoms with Crippen molar-refractivity contribution in [2.24, 2.45) is 0 Å². The third-order valence-electron chi connectivity index (χ3n) is 5.04. The third kappa shape index (κ3) is 2.66. The van der Waals surface area contributed by atoms with E-state index in [9.17, 15) is 0 Å². The van der Waals surface area contributed by atoms with Gasteiger partial charge in [0.1, 0.15) is 54.9 Å². The van der Waals surface area contributed by atoms with Crippen LogP contribution in [0, 0.1) is 0 Å². The lowest BCUT2D eigenvalue weighted by molar-refractivity contribution is 1.73. The highest BCUT2D eigenvalue weighted by molar-refractivity contribution is 9.10. The predicted octanol–water partition coefficient (Wildman–Crippen LogP) is -6.77. The predicted molar refractivity (Wildman–Crippen MR) is 127 cm³/mol. The molecule has 0 saturated heterocycles. The van der Waals surface area contributed by atoms with E-state index >= 15 is 0 Å². The zero-order valence-corrected chi connectivity index (χ0v) is 17.2. The lowest BCUT2D eigenvalue weighted by Crippen LogP contribution is -2.56. The summed E-state index contributed by atoms with van der Waals surface area (Å²) < 4.78 is 0.884. The second-order valence-corrected chi connectivity index (χ2v) is 7.62. The smallest absolute Gasteiger partial charge is 0.102 e. The highest BCUT2D eigenvalue weighted by Gasteiger charge is 2.20. The lowest BCUT2D eigenvalue weighted by atomic mass is 9.58. The molecule has 2 rings (SSSR count). The second-order valence-electron chi connectivity index (χ2n) is 6.07. The molecule has 10 heteroatoms. The molecule has 0 unspecified atom stereocenters. The summed E-state index contributed by atoms with van der Waals surface area (Å²) in [7, 11) is 15.1. The second kappa shape index (κ2) is 6.45. The molecule has 0 aliphatic carbocycles. The minimum Gasteiger partial charge on any atom is -0.102 e. The first-order chi connectivity index (χ1) is 10.1. The average molecular weight is 385 g/mol. The van der Waals surface area contributed by atoms with Gasteiger partial charge in [0.05, 0.1) is 10.0 Å². The van der Waals surface area contributed by atoms with Crippen molar-refractivity contribution in [2.45, 2.75) is 0 Å². The van der Waals surface area contributed by atoms with Crippen molar-refractivity contribution in [1.82, 2.24) is 0 Å². The highest BCUT2D eigenvalue weighted by atomic mass is 79.9. The fraction of sp³-hybridized carbons (Fsp3) is 0. The molecule has 0 radical (unpaired) electrons. The normalized spacial score (nSPS) is 10.9. The molecule has 0 aliphatic heterocycles. The fourth-order valence-corrected chi connectivity index (χ4v) is 4.16. The van der Waals surface area contributed by atoms with Gasteiger partial charge in [-0.3, -0.25) is 0 Å². The van der Waals surface area contributed by atoms with E-state index in [0.29, 0.717) is 10.0 Å². The molecular weight excluding hydrogens is 371 g/mol. The van der Waals surface area contributed by atoms with Crippen LogP contribution in [-0.2, 0) is 0 Å². The SMILES string of the molecule is Bc1c(B)c(B)c(-c2c(B)c(Cl)c(Cl)c(Br)c2B)c(B)c1B. The van der Waals surface area contributed by atoms with E-state index in [2.05, 4.69) is 63.0 Å².